The van der Waals surface area contributed by atoms with Gasteiger partial charge in [0.05, 0.1) is 6.10 Å². The van der Waals surface area contributed by atoms with E-state index in [1.807, 2.05) is 17.0 Å². The van der Waals surface area contributed by atoms with Gasteiger partial charge in [-0.1, -0.05) is 6.58 Å². The number of rotatable bonds is 3. The maximum absolute atomic E-state index is 12.1. The Kier molecular flexibility index (Phi) is 3.79. The van der Waals surface area contributed by atoms with Gasteiger partial charge in [0.15, 0.2) is 0 Å². The minimum atomic E-state index is -0.318. The minimum Gasteiger partial charge on any atom is -0.490 e. The highest BCUT2D eigenvalue weighted by atomic mass is 16.5. The van der Waals surface area contributed by atoms with E-state index in [1.54, 1.807) is 0 Å². The van der Waals surface area contributed by atoms with Crippen molar-refractivity contribution in [3.8, 4) is 5.75 Å². The Morgan fingerprint density at radius 1 is 1.17 bits per heavy atom. The van der Waals surface area contributed by atoms with Crippen LogP contribution in [-0.4, -0.2) is 28.9 Å². The van der Waals surface area contributed by atoms with Crippen LogP contribution in [0.1, 0.15) is 49.7 Å². The van der Waals surface area contributed by atoms with Crippen LogP contribution in [0.25, 0.3) is 5.70 Å². The molecule has 5 heteroatoms. The highest BCUT2D eigenvalue weighted by Gasteiger charge is 2.36. The van der Waals surface area contributed by atoms with Crippen molar-refractivity contribution in [3.05, 3.63) is 35.9 Å². The lowest BCUT2D eigenvalue weighted by molar-refractivity contribution is -0.136. The van der Waals surface area contributed by atoms with E-state index < -0.39 is 0 Å². The number of nitrogens with one attached hydrogen (secondary N) is 1. The standard InChI is InChI=1S/C19H22N2O3/c1-12-16-7-6-15(24-14-4-2-3-5-14)10-13(16)11-21(12)17-8-9-18(22)20-19(17)23/h6-7,10,14,17H,1-5,8-9,11H2,(H,20,22,23). The fourth-order valence-corrected chi connectivity index (χ4v) is 3.97. The Balaban J connectivity index is 1.51. The van der Waals surface area contributed by atoms with Gasteiger partial charge in [0.25, 0.3) is 0 Å². The van der Waals surface area contributed by atoms with Crippen molar-refractivity contribution in [2.45, 2.75) is 57.2 Å². The lowest BCUT2D eigenvalue weighted by atomic mass is 10.0. The fourth-order valence-electron chi connectivity index (χ4n) is 3.97. The first-order chi connectivity index (χ1) is 11.6. The number of nitrogens with zero attached hydrogens (tertiary/aromatic N) is 1. The first-order valence-electron chi connectivity index (χ1n) is 8.71. The van der Waals surface area contributed by atoms with Crippen LogP contribution in [0.5, 0.6) is 5.75 Å². The lowest BCUT2D eigenvalue weighted by Gasteiger charge is -2.31. The van der Waals surface area contributed by atoms with Gasteiger partial charge >= 0.3 is 0 Å². The molecular formula is C19H22N2O3. The van der Waals surface area contributed by atoms with Gasteiger partial charge in [-0.2, -0.15) is 0 Å². The van der Waals surface area contributed by atoms with Gasteiger partial charge in [0.2, 0.25) is 11.8 Å². The Morgan fingerprint density at radius 2 is 1.96 bits per heavy atom. The number of carbonyl (C=O) groups is 2. The number of benzene rings is 1. The van der Waals surface area contributed by atoms with Gasteiger partial charge in [-0.15, -0.1) is 0 Å². The van der Waals surface area contributed by atoms with E-state index in [-0.39, 0.29) is 17.9 Å². The van der Waals surface area contributed by atoms with E-state index in [9.17, 15) is 9.59 Å². The normalized spacial score (nSPS) is 24.2. The molecule has 2 aliphatic heterocycles. The highest BCUT2D eigenvalue weighted by molar-refractivity contribution is 6.01. The summed E-state index contributed by atoms with van der Waals surface area (Å²) >= 11 is 0. The van der Waals surface area contributed by atoms with Gasteiger partial charge in [0, 0.05) is 24.2 Å². The van der Waals surface area contributed by atoms with Crippen molar-refractivity contribution >= 4 is 17.5 Å². The van der Waals surface area contributed by atoms with Crippen LogP contribution in [0.3, 0.4) is 0 Å². The second-order valence-electron chi connectivity index (χ2n) is 6.88. The minimum absolute atomic E-state index is 0.189. The summed E-state index contributed by atoms with van der Waals surface area (Å²) in [6, 6.07) is 5.79. The molecule has 1 saturated carbocycles. The van der Waals surface area contributed by atoms with Crippen LogP contribution >= 0.6 is 0 Å². The third kappa shape index (κ3) is 2.68. The Morgan fingerprint density at radius 3 is 2.71 bits per heavy atom. The largest absolute Gasteiger partial charge is 0.490 e. The Hall–Kier alpha value is -2.30. The molecule has 0 radical (unpaired) electrons. The molecule has 1 aliphatic carbocycles. The van der Waals surface area contributed by atoms with Crippen molar-refractivity contribution < 1.29 is 14.3 Å². The summed E-state index contributed by atoms with van der Waals surface area (Å²) in [6.45, 7) is 4.80. The van der Waals surface area contributed by atoms with Gasteiger partial charge < -0.3 is 9.64 Å². The molecule has 1 saturated heterocycles. The molecule has 1 aromatic carbocycles. The van der Waals surface area contributed by atoms with E-state index in [1.165, 1.54) is 12.8 Å². The molecule has 1 unspecified atom stereocenters. The zero-order chi connectivity index (χ0) is 16.7. The molecule has 0 spiro atoms. The van der Waals surface area contributed by atoms with E-state index in [4.69, 9.17) is 4.74 Å². The third-order valence-electron chi connectivity index (χ3n) is 5.27. The maximum atomic E-state index is 12.1. The summed E-state index contributed by atoms with van der Waals surface area (Å²) in [6.07, 6.45) is 6.01. The predicted octanol–water partition coefficient (Wildman–Crippen LogP) is 2.60. The van der Waals surface area contributed by atoms with Crippen LogP contribution in [0.4, 0.5) is 0 Å². The van der Waals surface area contributed by atoms with E-state index in [0.29, 0.717) is 25.5 Å². The summed E-state index contributed by atoms with van der Waals surface area (Å²) in [4.78, 5) is 25.5. The lowest BCUT2D eigenvalue weighted by Crippen LogP contribution is -2.50. The van der Waals surface area contributed by atoms with Crippen LogP contribution in [-0.2, 0) is 16.1 Å². The molecule has 1 atom stereocenters. The second kappa shape index (κ2) is 5.96. The third-order valence-corrected chi connectivity index (χ3v) is 5.27. The number of ether oxygens (including phenoxy) is 1. The number of imide groups is 1. The topological polar surface area (TPSA) is 58.6 Å². The zero-order valence-electron chi connectivity index (χ0n) is 13.7. The van der Waals surface area contributed by atoms with Crippen molar-refractivity contribution in [3.63, 3.8) is 0 Å². The summed E-state index contributed by atoms with van der Waals surface area (Å²) in [5.41, 5.74) is 3.06. The number of carbonyl (C=O) groups excluding carboxylic acids is 2. The first kappa shape index (κ1) is 15.2. The van der Waals surface area contributed by atoms with Crippen LogP contribution < -0.4 is 10.1 Å². The number of piperidine rings is 1. The smallest absolute Gasteiger partial charge is 0.249 e. The molecule has 1 N–H and O–H groups in total. The molecule has 24 heavy (non-hydrogen) atoms. The molecule has 4 rings (SSSR count). The quantitative estimate of drug-likeness (QED) is 0.868. The SMILES string of the molecule is C=C1c2ccc(OC3CCCC3)cc2CN1C1CCC(=O)NC1=O. The van der Waals surface area contributed by atoms with Crippen molar-refractivity contribution in [1.82, 2.24) is 10.2 Å². The number of hydrogen-bond acceptors (Lipinski definition) is 4. The molecule has 1 aromatic rings. The number of hydrogen-bond donors (Lipinski definition) is 1. The Labute approximate surface area is 141 Å². The monoisotopic (exact) mass is 326 g/mol. The van der Waals surface area contributed by atoms with E-state index in [2.05, 4.69) is 18.0 Å². The molecule has 126 valence electrons. The average Bonchev–Trinajstić information content (AvgIpc) is 3.16. The van der Waals surface area contributed by atoms with Crippen molar-refractivity contribution in [2.75, 3.05) is 0 Å². The molecule has 0 bridgehead atoms. The number of amides is 2. The molecule has 2 amide bonds. The first-order valence-corrected chi connectivity index (χ1v) is 8.71. The van der Waals surface area contributed by atoms with E-state index >= 15 is 0 Å². The summed E-state index contributed by atoms with van der Waals surface area (Å²) in [7, 11) is 0. The maximum Gasteiger partial charge on any atom is 0.249 e. The molecule has 2 heterocycles. The second-order valence-corrected chi connectivity index (χ2v) is 6.88. The van der Waals surface area contributed by atoms with Gasteiger partial charge in [-0.05, 0) is 55.9 Å². The van der Waals surface area contributed by atoms with Gasteiger partial charge in [-0.3, -0.25) is 14.9 Å². The Bertz CT molecular complexity index is 707. The van der Waals surface area contributed by atoms with Gasteiger partial charge in [0.1, 0.15) is 11.8 Å². The zero-order valence-corrected chi connectivity index (χ0v) is 13.7. The van der Waals surface area contributed by atoms with Crippen LogP contribution in [0.2, 0.25) is 0 Å². The van der Waals surface area contributed by atoms with Crippen molar-refractivity contribution in [2.24, 2.45) is 0 Å². The molecule has 3 aliphatic rings. The predicted molar refractivity (Wildman–Crippen MR) is 90.1 cm³/mol. The van der Waals surface area contributed by atoms with Crippen LogP contribution in [0.15, 0.2) is 24.8 Å². The van der Waals surface area contributed by atoms with Crippen LogP contribution in [0, 0.1) is 0 Å². The molecule has 5 nitrogen and oxygen atoms in total. The summed E-state index contributed by atoms with van der Waals surface area (Å²) in [5, 5.41) is 2.43. The van der Waals surface area contributed by atoms with Gasteiger partial charge in [-0.25, -0.2) is 0 Å². The molecule has 0 aromatic heterocycles. The van der Waals surface area contributed by atoms with E-state index in [0.717, 1.165) is 35.4 Å². The average molecular weight is 326 g/mol. The molecular weight excluding hydrogens is 304 g/mol. The highest BCUT2D eigenvalue weighted by Crippen LogP contribution is 2.37. The fraction of sp³-hybridized carbons (Fsp3) is 0.474. The number of fused-ring (bicyclic) bond motifs is 1. The summed E-state index contributed by atoms with van der Waals surface area (Å²) < 4.78 is 6.08. The summed E-state index contributed by atoms with van der Waals surface area (Å²) in [5.74, 6) is 0.493. The molecule has 2 fully saturated rings. The van der Waals surface area contributed by atoms with Crippen molar-refractivity contribution in [1.29, 1.82) is 0 Å².